The Balaban J connectivity index is 1.33. The van der Waals surface area contributed by atoms with Crippen molar-refractivity contribution in [2.24, 2.45) is 0 Å². The zero-order valence-corrected chi connectivity index (χ0v) is 16.4. The van der Waals surface area contributed by atoms with Crippen LogP contribution in [0.15, 0.2) is 30.3 Å². The number of halogens is 1. The summed E-state index contributed by atoms with van der Waals surface area (Å²) < 4.78 is 15.1. The molecule has 1 N–H and O–H groups in total. The number of rotatable bonds is 5. The van der Waals surface area contributed by atoms with Gasteiger partial charge in [0, 0.05) is 25.7 Å². The maximum atomic E-state index is 13.0. The van der Waals surface area contributed by atoms with Gasteiger partial charge in [-0.15, -0.1) is 0 Å². The fourth-order valence-corrected chi connectivity index (χ4v) is 4.43. The lowest BCUT2D eigenvalue weighted by molar-refractivity contribution is -0.120. The predicted octanol–water partition coefficient (Wildman–Crippen LogP) is 3.42. The molecule has 4 rings (SSSR count). The summed E-state index contributed by atoms with van der Waals surface area (Å²) in [5.74, 6) is -0.357. The zero-order chi connectivity index (χ0) is 19.3. The quantitative estimate of drug-likeness (QED) is 0.859. The van der Waals surface area contributed by atoms with E-state index in [1.807, 2.05) is 0 Å². The molecular weight excluding hydrogens is 355 g/mol. The summed E-state index contributed by atoms with van der Waals surface area (Å²) >= 11 is 0. The van der Waals surface area contributed by atoms with Gasteiger partial charge in [0.15, 0.2) is 0 Å². The number of hydrogen-bond acceptors (Lipinski definition) is 3. The fraction of sp³-hybridized carbons (Fsp3) is 0.545. The van der Waals surface area contributed by atoms with Crippen molar-refractivity contribution in [2.45, 2.75) is 70.6 Å². The van der Waals surface area contributed by atoms with Crippen LogP contribution >= 0.6 is 0 Å². The van der Waals surface area contributed by atoms with Gasteiger partial charge in [-0.1, -0.05) is 31.4 Å². The van der Waals surface area contributed by atoms with Crippen LogP contribution in [0, 0.1) is 5.82 Å². The molecule has 2 aromatic rings. The van der Waals surface area contributed by atoms with Crippen LogP contribution in [0.3, 0.4) is 0 Å². The van der Waals surface area contributed by atoms with Crippen molar-refractivity contribution in [3.05, 3.63) is 53.1 Å². The fourth-order valence-electron chi connectivity index (χ4n) is 4.43. The normalized spacial score (nSPS) is 18.5. The number of fused-ring (bicyclic) bond motifs is 1. The van der Waals surface area contributed by atoms with Crippen molar-refractivity contribution in [1.29, 1.82) is 0 Å². The summed E-state index contributed by atoms with van der Waals surface area (Å²) in [5, 5.41) is 7.65. The summed E-state index contributed by atoms with van der Waals surface area (Å²) in [6.45, 7) is 3.49. The van der Waals surface area contributed by atoms with Crippen molar-refractivity contribution in [1.82, 2.24) is 20.0 Å². The van der Waals surface area contributed by atoms with Gasteiger partial charge in [-0.3, -0.25) is 14.4 Å². The van der Waals surface area contributed by atoms with Gasteiger partial charge in [0.2, 0.25) is 5.91 Å². The summed E-state index contributed by atoms with van der Waals surface area (Å²) in [6, 6.07) is 8.91. The maximum Gasteiger partial charge on any atom is 0.224 e. The minimum atomic E-state index is -0.286. The lowest BCUT2D eigenvalue weighted by Gasteiger charge is -2.33. The van der Waals surface area contributed by atoms with Gasteiger partial charge >= 0.3 is 0 Å². The first-order valence-electron chi connectivity index (χ1n) is 10.5. The highest BCUT2D eigenvalue weighted by molar-refractivity contribution is 5.78. The molecule has 0 radical (unpaired) electrons. The highest BCUT2D eigenvalue weighted by Crippen LogP contribution is 2.26. The Labute approximate surface area is 165 Å². The topological polar surface area (TPSA) is 50.2 Å². The largest absolute Gasteiger partial charge is 0.350 e. The highest BCUT2D eigenvalue weighted by atomic mass is 19.1. The third-order valence-electron chi connectivity index (χ3n) is 5.93. The molecule has 28 heavy (non-hydrogen) atoms. The second-order valence-electron chi connectivity index (χ2n) is 8.05. The van der Waals surface area contributed by atoms with Crippen LogP contribution < -0.4 is 5.32 Å². The van der Waals surface area contributed by atoms with E-state index in [-0.39, 0.29) is 18.1 Å². The van der Waals surface area contributed by atoms with Gasteiger partial charge in [0.25, 0.3) is 0 Å². The summed E-state index contributed by atoms with van der Waals surface area (Å²) in [5.41, 5.74) is 2.97. The second-order valence-corrected chi connectivity index (χ2v) is 8.05. The van der Waals surface area contributed by atoms with Gasteiger partial charge in [0.1, 0.15) is 5.82 Å². The molecule has 0 unspecified atom stereocenters. The number of amides is 1. The van der Waals surface area contributed by atoms with Crippen molar-refractivity contribution >= 4 is 5.91 Å². The Morgan fingerprint density at radius 1 is 1.11 bits per heavy atom. The van der Waals surface area contributed by atoms with E-state index in [4.69, 9.17) is 5.10 Å². The van der Waals surface area contributed by atoms with Crippen molar-refractivity contribution in [3.8, 4) is 0 Å². The number of nitrogens with one attached hydrogen (secondary N) is 1. The Morgan fingerprint density at radius 2 is 1.89 bits per heavy atom. The van der Waals surface area contributed by atoms with Gasteiger partial charge in [-0.25, -0.2) is 4.39 Å². The van der Waals surface area contributed by atoms with E-state index in [9.17, 15) is 9.18 Å². The summed E-state index contributed by atoms with van der Waals surface area (Å²) in [6.07, 6.45) is 8.10. The average Bonchev–Trinajstić information content (AvgIpc) is 2.99. The maximum absolute atomic E-state index is 13.0. The first-order valence-corrected chi connectivity index (χ1v) is 10.5. The average molecular weight is 384 g/mol. The predicted molar refractivity (Wildman–Crippen MR) is 106 cm³/mol. The summed E-state index contributed by atoms with van der Waals surface area (Å²) in [7, 11) is 0. The van der Waals surface area contributed by atoms with E-state index < -0.39 is 0 Å². The zero-order valence-electron chi connectivity index (χ0n) is 16.4. The number of aryl methyl sites for hydroxylation is 1. The Morgan fingerprint density at radius 3 is 2.68 bits per heavy atom. The van der Waals surface area contributed by atoms with Crippen LogP contribution in [0.1, 0.15) is 55.5 Å². The number of nitrogens with zero attached hydrogens (tertiary/aromatic N) is 3. The molecule has 0 bridgehead atoms. The summed E-state index contributed by atoms with van der Waals surface area (Å²) in [4.78, 5) is 14.8. The number of benzene rings is 1. The molecule has 1 amide bonds. The standard InChI is InChI=1S/C22H29FN4O/c23-18-9-7-17(8-10-18)13-22(28)24-15-19-14-21-16-26(11-4-12-27(21)25-19)20-5-2-1-3-6-20/h7-10,14,20H,1-6,11-13,15-16H2,(H,24,28). The molecule has 0 spiro atoms. The molecular formula is C22H29FN4O. The van der Waals surface area contributed by atoms with Crippen LogP contribution in [0.4, 0.5) is 4.39 Å². The Kier molecular flexibility index (Phi) is 6.05. The minimum Gasteiger partial charge on any atom is -0.350 e. The SMILES string of the molecule is O=C(Cc1ccc(F)cc1)NCc1cc2n(n1)CCCN(C1CCCCC1)C2. The van der Waals surface area contributed by atoms with E-state index in [1.165, 1.54) is 49.9 Å². The number of hydrogen-bond donors (Lipinski definition) is 1. The molecule has 1 aliphatic heterocycles. The Bertz CT molecular complexity index is 795. The van der Waals surface area contributed by atoms with Crippen LogP contribution in [-0.4, -0.2) is 33.2 Å². The molecule has 1 saturated carbocycles. The molecule has 0 saturated heterocycles. The van der Waals surface area contributed by atoms with Crippen molar-refractivity contribution in [3.63, 3.8) is 0 Å². The van der Waals surface area contributed by atoms with E-state index in [2.05, 4.69) is 21.0 Å². The van der Waals surface area contributed by atoms with Gasteiger partial charge in [0.05, 0.1) is 24.4 Å². The number of aromatic nitrogens is 2. The first kappa shape index (κ1) is 19.1. The van der Waals surface area contributed by atoms with E-state index in [0.29, 0.717) is 12.6 Å². The molecule has 0 atom stereocenters. The van der Waals surface area contributed by atoms with Crippen LogP contribution in [0.25, 0.3) is 0 Å². The van der Waals surface area contributed by atoms with Gasteiger partial charge < -0.3 is 5.32 Å². The molecule has 2 aliphatic rings. The molecule has 1 aliphatic carbocycles. The van der Waals surface area contributed by atoms with Crippen LogP contribution in [0.5, 0.6) is 0 Å². The number of carbonyl (C=O) groups is 1. The first-order chi connectivity index (χ1) is 13.7. The lowest BCUT2D eigenvalue weighted by atomic mass is 9.94. The van der Waals surface area contributed by atoms with Crippen LogP contribution in [-0.2, 0) is 30.8 Å². The second kappa shape index (κ2) is 8.86. The van der Waals surface area contributed by atoms with Crippen LogP contribution in [0.2, 0.25) is 0 Å². The third kappa shape index (κ3) is 4.79. The Hall–Kier alpha value is -2.21. The molecule has 6 heteroatoms. The van der Waals surface area contributed by atoms with Crippen molar-refractivity contribution < 1.29 is 9.18 Å². The molecule has 5 nitrogen and oxygen atoms in total. The smallest absolute Gasteiger partial charge is 0.224 e. The third-order valence-corrected chi connectivity index (χ3v) is 5.93. The number of carbonyl (C=O) groups excluding carboxylic acids is 1. The monoisotopic (exact) mass is 384 g/mol. The van der Waals surface area contributed by atoms with E-state index in [1.54, 1.807) is 12.1 Å². The molecule has 1 aromatic heterocycles. The van der Waals surface area contributed by atoms with E-state index in [0.717, 1.165) is 37.3 Å². The van der Waals surface area contributed by atoms with Crippen molar-refractivity contribution in [2.75, 3.05) is 6.54 Å². The molecule has 1 aromatic carbocycles. The molecule has 150 valence electrons. The van der Waals surface area contributed by atoms with Gasteiger partial charge in [-0.05, 0) is 43.0 Å². The highest BCUT2D eigenvalue weighted by Gasteiger charge is 2.24. The molecule has 2 heterocycles. The van der Waals surface area contributed by atoms with E-state index >= 15 is 0 Å². The van der Waals surface area contributed by atoms with Gasteiger partial charge in [-0.2, -0.15) is 5.10 Å². The minimum absolute atomic E-state index is 0.0707. The lowest BCUT2D eigenvalue weighted by Crippen LogP contribution is -2.36. The molecule has 1 fully saturated rings.